The quantitative estimate of drug-likeness (QED) is 0.903. The summed E-state index contributed by atoms with van der Waals surface area (Å²) in [5.41, 5.74) is 1.68. The minimum absolute atomic E-state index is 0.0721. The van der Waals surface area contributed by atoms with Crippen LogP contribution in [-0.4, -0.2) is 22.5 Å². The van der Waals surface area contributed by atoms with E-state index in [1.807, 2.05) is 0 Å². The van der Waals surface area contributed by atoms with Gasteiger partial charge in [-0.1, -0.05) is 12.1 Å². The smallest absolute Gasteiger partial charge is 0.319 e. The lowest BCUT2D eigenvalue weighted by Gasteiger charge is -2.08. The molecule has 0 saturated heterocycles. The van der Waals surface area contributed by atoms with Crippen molar-refractivity contribution in [2.24, 2.45) is 0 Å². The summed E-state index contributed by atoms with van der Waals surface area (Å²) in [6, 6.07) is 13.1. The van der Waals surface area contributed by atoms with Crippen molar-refractivity contribution in [2.75, 3.05) is 11.6 Å². The first kappa shape index (κ1) is 15.7. The number of hydrogen-bond donors (Lipinski definition) is 2. The van der Waals surface area contributed by atoms with E-state index in [2.05, 4.69) is 10.6 Å². The highest BCUT2D eigenvalue weighted by molar-refractivity contribution is 7.84. The fourth-order valence-corrected chi connectivity index (χ4v) is 3.02. The molecule has 2 N–H and O–H groups in total. The van der Waals surface area contributed by atoms with Crippen LogP contribution in [0.5, 0.6) is 0 Å². The highest BCUT2D eigenvalue weighted by Gasteiger charge is 2.39. The molecule has 2 aromatic rings. The van der Waals surface area contributed by atoms with Gasteiger partial charge in [-0.2, -0.15) is 0 Å². The Balaban J connectivity index is 1.52. The van der Waals surface area contributed by atoms with Gasteiger partial charge in [-0.15, -0.1) is 0 Å². The van der Waals surface area contributed by atoms with E-state index in [9.17, 15) is 13.4 Å². The fourth-order valence-electron chi connectivity index (χ4n) is 2.50. The van der Waals surface area contributed by atoms with Crippen LogP contribution >= 0.6 is 0 Å². The van der Waals surface area contributed by atoms with Gasteiger partial charge < -0.3 is 10.6 Å². The van der Waals surface area contributed by atoms with Crippen LogP contribution in [-0.2, 0) is 10.8 Å². The lowest BCUT2D eigenvalue weighted by molar-refractivity contribution is 0.251. The molecule has 0 bridgehead atoms. The number of halogens is 1. The molecule has 1 aliphatic carbocycles. The van der Waals surface area contributed by atoms with Gasteiger partial charge in [-0.25, -0.2) is 9.18 Å². The summed E-state index contributed by atoms with van der Waals surface area (Å²) >= 11 is 0. The van der Waals surface area contributed by atoms with Gasteiger partial charge in [-0.05, 0) is 48.4 Å². The molecule has 6 heteroatoms. The van der Waals surface area contributed by atoms with Crippen molar-refractivity contribution < 1.29 is 13.4 Å². The molecule has 0 aliphatic heterocycles. The Morgan fingerprint density at radius 1 is 1.13 bits per heavy atom. The molecule has 0 radical (unpaired) electrons. The van der Waals surface area contributed by atoms with Crippen molar-refractivity contribution in [3.63, 3.8) is 0 Å². The molecule has 2 amide bonds. The zero-order valence-electron chi connectivity index (χ0n) is 12.6. The maximum atomic E-state index is 12.9. The van der Waals surface area contributed by atoms with E-state index in [0.717, 1.165) is 16.9 Å². The third-order valence-corrected chi connectivity index (χ3v) is 4.79. The first-order chi connectivity index (χ1) is 11.0. The maximum Gasteiger partial charge on any atom is 0.319 e. The maximum absolute atomic E-state index is 12.9. The monoisotopic (exact) mass is 332 g/mol. The first-order valence-electron chi connectivity index (χ1n) is 7.29. The summed E-state index contributed by atoms with van der Waals surface area (Å²) in [6.07, 6.45) is 2.46. The zero-order valence-corrected chi connectivity index (χ0v) is 13.4. The lowest BCUT2D eigenvalue weighted by atomic mass is 10.1. The van der Waals surface area contributed by atoms with Crippen LogP contribution < -0.4 is 10.6 Å². The zero-order chi connectivity index (χ0) is 16.4. The summed E-state index contributed by atoms with van der Waals surface area (Å²) in [6.45, 7) is 0. The summed E-state index contributed by atoms with van der Waals surface area (Å²) in [7, 11) is -1.03. The van der Waals surface area contributed by atoms with Crippen molar-refractivity contribution in [2.45, 2.75) is 23.3 Å². The summed E-state index contributed by atoms with van der Waals surface area (Å²) in [5.74, 6) is -0.0145. The molecule has 0 spiro atoms. The van der Waals surface area contributed by atoms with Crippen molar-refractivity contribution in [1.29, 1.82) is 0 Å². The number of nitrogens with one attached hydrogen (secondary N) is 2. The molecule has 0 heterocycles. The molecular formula is C17H17FN2O2S. The number of amides is 2. The van der Waals surface area contributed by atoms with Crippen molar-refractivity contribution in [1.82, 2.24) is 5.32 Å². The van der Waals surface area contributed by atoms with Crippen LogP contribution in [0.3, 0.4) is 0 Å². The highest BCUT2D eigenvalue weighted by Crippen LogP contribution is 2.40. The van der Waals surface area contributed by atoms with E-state index in [0.29, 0.717) is 5.69 Å². The van der Waals surface area contributed by atoms with Crippen molar-refractivity contribution >= 4 is 22.5 Å². The average molecular weight is 332 g/mol. The molecule has 1 saturated carbocycles. The lowest BCUT2D eigenvalue weighted by Crippen LogP contribution is -2.31. The third kappa shape index (κ3) is 3.96. The summed E-state index contributed by atoms with van der Waals surface area (Å²) in [5, 5.41) is 5.65. The minimum Gasteiger partial charge on any atom is -0.334 e. The largest absolute Gasteiger partial charge is 0.334 e. The number of carbonyl (C=O) groups is 1. The molecule has 2 aromatic carbocycles. The van der Waals surface area contributed by atoms with E-state index in [1.165, 1.54) is 12.1 Å². The van der Waals surface area contributed by atoms with E-state index in [4.69, 9.17) is 0 Å². The van der Waals surface area contributed by atoms with E-state index in [1.54, 1.807) is 42.7 Å². The van der Waals surface area contributed by atoms with Crippen LogP contribution in [0.25, 0.3) is 0 Å². The fraction of sp³-hybridized carbons (Fsp3) is 0.235. The Kier molecular flexibility index (Phi) is 4.43. The van der Waals surface area contributed by atoms with E-state index >= 15 is 0 Å². The molecule has 1 fully saturated rings. The molecule has 3 atom stereocenters. The molecule has 23 heavy (non-hydrogen) atoms. The standard InChI is InChI=1S/C17H17FN2O2S/c1-23(22)14-8-6-13(7-9-14)19-17(21)20-16-10-15(16)11-2-4-12(18)5-3-11/h2-9,15-16H,10H2,1H3,(H2,19,20,21)/t15-,16+,23+/m0/s1. The number of hydrogen-bond acceptors (Lipinski definition) is 2. The number of urea groups is 1. The van der Waals surface area contributed by atoms with Gasteiger partial charge in [0.05, 0.1) is 0 Å². The highest BCUT2D eigenvalue weighted by atomic mass is 32.2. The minimum atomic E-state index is -1.03. The Morgan fingerprint density at radius 3 is 2.39 bits per heavy atom. The van der Waals surface area contributed by atoms with Gasteiger partial charge in [0.1, 0.15) is 5.82 Å². The molecule has 1 aliphatic rings. The summed E-state index contributed by atoms with van der Waals surface area (Å²) < 4.78 is 24.2. The van der Waals surface area contributed by atoms with E-state index < -0.39 is 10.8 Å². The number of anilines is 1. The second-order valence-electron chi connectivity index (χ2n) is 5.58. The normalized spacial score (nSPS) is 20.6. The Bertz CT molecular complexity index is 731. The van der Waals surface area contributed by atoms with Crippen LogP contribution in [0.15, 0.2) is 53.4 Å². The van der Waals surface area contributed by atoms with Gasteiger partial charge in [0.15, 0.2) is 0 Å². The predicted molar refractivity (Wildman–Crippen MR) is 88.5 cm³/mol. The van der Waals surface area contributed by atoms with Gasteiger partial charge in [0.2, 0.25) is 0 Å². The van der Waals surface area contributed by atoms with Crippen LogP contribution in [0.4, 0.5) is 14.9 Å². The average Bonchev–Trinajstić information content (AvgIpc) is 3.27. The van der Waals surface area contributed by atoms with E-state index in [-0.39, 0.29) is 23.8 Å². The van der Waals surface area contributed by atoms with Crippen LogP contribution in [0.2, 0.25) is 0 Å². The van der Waals surface area contributed by atoms with Gasteiger partial charge in [0, 0.05) is 39.6 Å². The van der Waals surface area contributed by atoms with Crippen molar-refractivity contribution in [3.8, 4) is 0 Å². The second kappa shape index (κ2) is 6.50. The topological polar surface area (TPSA) is 58.2 Å². The van der Waals surface area contributed by atoms with Crippen LogP contribution in [0.1, 0.15) is 17.9 Å². The summed E-state index contributed by atoms with van der Waals surface area (Å²) in [4.78, 5) is 12.7. The Morgan fingerprint density at radius 2 is 1.78 bits per heavy atom. The molecule has 3 rings (SSSR count). The van der Waals surface area contributed by atoms with Gasteiger partial charge >= 0.3 is 6.03 Å². The van der Waals surface area contributed by atoms with Crippen molar-refractivity contribution in [3.05, 3.63) is 59.9 Å². The van der Waals surface area contributed by atoms with Crippen LogP contribution in [0, 0.1) is 5.82 Å². The van der Waals surface area contributed by atoms with Gasteiger partial charge in [-0.3, -0.25) is 4.21 Å². The number of benzene rings is 2. The molecule has 0 aromatic heterocycles. The number of rotatable bonds is 4. The molecule has 120 valence electrons. The Labute approximate surface area is 136 Å². The predicted octanol–water partition coefficient (Wildman–Crippen LogP) is 3.24. The Hall–Kier alpha value is -2.21. The number of carbonyl (C=O) groups excluding carboxylic acids is 1. The molecule has 4 nitrogen and oxygen atoms in total. The third-order valence-electron chi connectivity index (χ3n) is 3.85. The molecule has 0 unspecified atom stereocenters. The SMILES string of the molecule is C[S@@](=O)c1ccc(NC(=O)N[C@@H]2C[C@H]2c2ccc(F)cc2)cc1. The van der Waals surface area contributed by atoms with Gasteiger partial charge in [0.25, 0.3) is 0 Å². The second-order valence-corrected chi connectivity index (χ2v) is 6.96. The molecular weight excluding hydrogens is 315 g/mol. The first-order valence-corrected chi connectivity index (χ1v) is 8.85.